The van der Waals surface area contributed by atoms with Gasteiger partial charge in [0.25, 0.3) is 11.8 Å². The zero-order valence-corrected chi connectivity index (χ0v) is 15.2. The molecule has 1 aromatic heterocycles. The molecular formula is C20H23N3O4. The second-order valence-electron chi connectivity index (χ2n) is 6.48. The molecule has 0 bridgehead atoms. The Morgan fingerprint density at radius 1 is 1.22 bits per heavy atom. The number of hydrogen-bond acceptors (Lipinski definition) is 5. The van der Waals surface area contributed by atoms with Crippen LogP contribution in [-0.4, -0.2) is 47.0 Å². The van der Waals surface area contributed by atoms with E-state index in [2.05, 4.69) is 4.98 Å². The SMILES string of the molecule is CC(Oc1ccccc1)C(=O)N1CCCC(Oc2ccnc(C(N)=O)c2)C1. The van der Waals surface area contributed by atoms with Crippen molar-refractivity contribution in [2.24, 2.45) is 5.73 Å². The Morgan fingerprint density at radius 3 is 2.74 bits per heavy atom. The lowest BCUT2D eigenvalue weighted by molar-refractivity contribution is -0.140. The highest BCUT2D eigenvalue weighted by Crippen LogP contribution is 2.20. The summed E-state index contributed by atoms with van der Waals surface area (Å²) in [6, 6.07) is 12.5. The fourth-order valence-corrected chi connectivity index (χ4v) is 3.06. The van der Waals surface area contributed by atoms with Crippen molar-refractivity contribution in [3.8, 4) is 11.5 Å². The van der Waals surface area contributed by atoms with Crippen molar-refractivity contribution in [3.05, 3.63) is 54.4 Å². The van der Waals surface area contributed by atoms with Gasteiger partial charge in [0.15, 0.2) is 6.10 Å². The summed E-state index contributed by atoms with van der Waals surface area (Å²) in [5.41, 5.74) is 5.40. The maximum atomic E-state index is 12.7. The van der Waals surface area contributed by atoms with Crippen LogP contribution in [0.5, 0.6) is 11.5 Å². The highest BCUT2D eigenvalue weighted by molar-refractivity contribution is 5.91. The van der Waals surface area contributed by atoms with Crippen molar-refractivity contribution in [2.45, 2.75) is 32.0 Å². The normalized spacial score (nSPS) is 17.8. The first-order valence-corrected chi connectivity index (χ1v) is 8.96. The summed E-state index contributed by atoms with van der Waals surface area (Å²) in [4.78, 5) is 29.6. The van der Waals surface area contributed by atoms with Crippen molar-refractivity contribution in [1.29, 1.82) is 0 Å². The van der Waals surface area contributed by atoms with E-state index >= 15 is 0 Å². The number of rotatable bonds is 6. The molecule has 0 radical (unpaired) electrons. The van der Waals surface area contributed by atoms with Crippen LogP contribution in [0.4, 0.5) is 0 Å². The minimum absolute atomic E-state index is 0.0697. The molecule has 2 amide bonds. The Kier molecular flexibility index (Phi) is 5.90. The lowest BCUT2D eigenvalue weighted by atomic mass is 10.1. The first-order chi connectivity index (χ1) is 13.0. The molecular weight excluding hydrogens is 346 g/mol. The standard InChI is InChI=1S/C20H23N3O4/c1-14(26-15-6-3-2-4-7-15)20(25)23-11-5-8-17(13-23)27-16-9-10-22-18(12-16)19(21)24/h2-4,6-7,9-10,12,14,17H,5,8,11,13H2,1H3,(H2,21,24). The van der Waals surface area contributed by atoms with Crippen LogP contribution in [0.15, 0.2) is 48.7 Å². The summed E-state index contributed by atoms with van der Waals surface area (Å²) < 4.78 is 11.7. The lowest BCUT2D eigenvalue weighted by Crippen LogP contribution is -2.48. The number of para-hydroxylation sites is 1. The molecule has 2 atom stereocenters. The van der Waals surface area contributed by atoms with Crippen LogP contribution >= 0.6 is 0 Å². The number of piperidine rings is 1. The summed E-state index contributed by atoms with van der Waals surface area (Å²) in [5.74, 6) is 0.512. The Morgan fingerprint density at radius 2 is 2.00 bits per heavy atom. The number of nitrogens with zero attached hydrogens (tertiary/aromatic N) is 2. The number of amides is 2. The topological polar surface area (TPSA) is 94.8 Å². The van der Waals surface area contributed by atoms with E-state index in [1.807, 2.05) is 30.3 Å². The Bertz CT molecular complexity index is 797. The highest BCUT2D eigenvalue weighted by atomic mass is 16.5. The number of likely N-dealkylation sites (tertiary alicyclic amines) is 1. The van der Waals surface area contributed by atoms with Gasteiger partial charge >= 0.3 is 0 Å². The van der Waals surface area contributed by atoms with E-state index in [0.29, 0.717) is 24.6 Å². The number of ether oxygens (including phenoxy) is 2. The van der Waals surface area contributed by atoms with Gasteiger partial charge in [-0.25, -0.2) is 0 Å². The number of hydrogen-bond donors (Lipinski definition) is 1. The van der Waals surface area contributed by atoms with Gasteiger partial charge < -0.3 is 20.1 Å². The molecule has 3 rings (SSSR count). The van der Waals surface area contributed by atoms with Crippen LogP contribution in [-0.2, 0) is 4.79 Å². The van der Waals surface area contributed by atoms with E-state index in [1.165, 1.54) is 12.3 Å². The molecule has 7 heteroatoms. The number of pyridine rings is 1. The second kappa shape index (κ2) is 8.53. The van der Waals surface area contributed by atoms with Crippen LogP contribution in [0.1, 0.15) is 30.3 Å². The lowest BCUT2D eigenvalue weighted by Gasteiger charge is -2.34. The predicted molar refractivity (Wildman–Crippen MR) is 99.5 cm³/mol. The van der Waals surface area contributed by atoms with Crippen molar-refractivity contribution in [3.63, 3.8) is 0 Å². The van der Waals surface area contributed by atoms with E-state index in [9.17, 15) is 9.59 Å². The largest absolute Gasteiger partial charge is 0.488 e. The van der Waals surface area contributed by atoms with Crippen LogP contribution in [0.2, 0.25) is 0 Å². The molecule has 142 valence electrons. The van der Waals surface area contributed by atoms with Crippen LogP contribution in [0, 0.1) is 0 Å². The van der Waals surface area contributed by atoms with Gasteiger partial charge in [0.2, 0.25) is 0 Å². The Labute approximate surface area is 158 Å². The molecule has 7 nitrogen and oxygen atoms in total. The molecule has 0 aliphatic carbocycles. The molecule has 2 unspecified atom stereocenters. The third-order valence-electron chi connectivity index (χ3n) is 4.38. The van der Waals surface area contributed by atoms with Crippen LogP contribution in [0.25, 0.3) is 0 Å². The average molecular weight is 369 g/mol. The van der Waals surface area contributed by atoms with Gasteiger partial charge in [-0.05, 0) is 38.0 Å². The molecule has 27 heavy (non-hydrogen) atoms. The van der Waals surface area contributed by atoms with Crippen molar-refractivity contribution in [2.75, 3.05) is 13.1 Å². The highest BCUT2D eigenvalue weighted by Gasteiger charge is 2.29. The molecule has 1 aromatic carbocycles. The van der Waals surface area contributed by atoms with Gasteiger partial charge in [-0.1, -0.05) is 18.2 Å². The number of benzene rings is 1. The smallest absolute Gasteiger partial charge is 0.267 e. The van der Waals surface area contributed by atoms with Gasteiger partial charge in [0.1, 0.15) is 23.3 Å². The van der Waals surface area contributed by atoms with Gasteiger partial charge in [-0.3, -0.25) is 14.6 Å². The van der Waals surface area contributed by atoms with Gasteiger partial charge in [-0.15, -0.1) is 0 Å². The summed E-state index contributed by atoms with van der Waals surface area (Å²) in [7, 11) is 0. The summed E-state index contributed by atoms with van der Waals surface area (Å²) in [6.07, 6.45) is 2.41. The Balaban J connectivity index is 1.59. The minimum atomic E-state index is -0.604. The predicted octanol–water partition coefficient (Wildman–Crippen LogP) is 2.02. The van der Waals surface area contributed by atoms with Crippen molar-refractivity contribution in [1.82, 2.24) is 9.88 Å². The fraction of sp³-hybridized carbons (Fsp3) is 0.350. The maximum absolute atomic E-state index is 12.7. The number of aromatic nitrogens is 1. The molecule has 0 spiro atoms. The Hall–Kier alpha value is -3.09. The van der Waals surface area contributed by atoms with E-state index < -0.39 is 12.0 Å². The van der Waals surface area contributed by atoms with Crippen LogP contribution in [0.3, 0.4) is 0 Å². The quantitative estimate of drug-likeness (QED) is 0.841. The van der Waals surface area contributed by atoms with Gasteiger partial charge in [0, 0.05) is 18.8 Å². The number of carbonyl (C=O) groups excluding carboxylic acids is 2. The van der Waals surface area contributed by atoms with Crippen molar-refractivity contribution >= 4 is 11.8 Å². The molecule has 2 aromatic rings. The monoisotopic (exact) mass is 369 g/mol. The third-order valence-corrected chi connectivity index (χ3v) is 4.38. The summed E-state index contributed by atoms with van der Waals surface area (Å²) >= 11 is 0. The number of primary amides is 1. The van der Waals surface area contributed by atoms with Crippen LogP contribution < -0.4 is 15.2 Å². The summed E-state index contributed by atoms with van der Waals surface area (Å²) in [6.45, 7) is 2.89. The summed E-state index contributed by atoms with van der Waals surface area (Å²) in [5, 5.41) is 0. The average Bonchev–Trinajstić information content (AvgIpc) is 2.68. The zero-order chi connectivity index (χ0) is 19.2. The molecule has 0 saturated carbocycles. The van der Waals surface area contributed by atoms with Crippen molar-refractivity contribution < 1.29 is 19.1 Å². The molecule has 2 N–H and O–H groups in total. The third kappa shape index (κ3) is 4.97. The van der Waals surface area contributed by atoms with E-state index in [1.54, 1.807) is 17.9 Å². The van der Waals surface area contributed by atoms with E-state index in [0.717, 1.165) is 12.8 Å². The minimum Gasteiger partial charge on any atom is -0.488 e. The van der Waals surface area contributed by atoms with E-state index in [4.69, 9.17) is 15.2 Å². The molecule has 1 aliphatic rings. The molecule has 1 aliphatic heterocycles. The molecule has 1 fully saturated rings. The number of carbonyl (C=O) groups is 2. The number of nitrogens with two attached hydrogens (primary N) is 1. The fourth-order valence-electron chi connectivity index (χ4n) is 3.06. The molecule has 1 saturated heterocycles. The van der Waals surface area contributed by atoms with E-state index in [-0.39, 0.29) is 17.7 Å². The molecule has 2 heterocycles. The maximum Gasteiger partial charge on any atom is 0.267 e. The second-order valence-corrected chi connectivity index (χ2v) is 6.48. The van der Waals surface area contributed by atoms with Gasteiger partial charge in [-0.2, -0.15) is 0 Å². The first kappa shape index (κ1) is 18.7. The first-order valence-electron chi connectivity index (χ1n) is 8.96. The zero-order valence-electron chi connectivity index (χ0n) is 15.2. The van der Waals surface area contributed by atoms with Gasteiger partial charge in [0.05, 0.1) is 6.54 Å².